The molecule has 0 heterocycles. The van der Waals surface area contributed by atoms with Crippen molar-refractivity contribution in [3.05, 3.63) is 24.3 Å². The standard InChI is InChI=1S/C7H8O7S2/c1-13-6-2-4-7(5-3-6)15(8,9)14-16(10,11)12/h2-5H,1H3,(H,10,11,12). The molecule has 1 aromatic rings. The molecule has 0 atom stereocenters. The van der Waals surface area contributed by atoms with Gasteiger partial charge in [-0.1, -0.05) is 0 Å². The van der Waals surface area contributed by atoms with E-state index in [2.05, 4.69) is 3.63 Å². The third kappa shape index (κ3) is 3.45. The van der Waals surface area contributed by atoms with Crippen LogP contribution in [-0.2, 0) is 24.1 Å². The summed E-state index contributed by atoms with van der Waals surface area (Å²) in [6.45, 7) is 0. The smallest absolute Gasteiger partial charge is 0.412 e. The second-order valence-electron chi connectivity index (χ2n) is 2.63. The fraction of sp³-hybridized carbons (Fsp3) is 0.143. The molecule has 1 aromatic carbocycles. The molecule has 0 spiro atoms. The van der Waals surface area contributed by atoms with E-state index in [1.54, 1.807) is 0 Å². The van der Waals surface area contributed by atoms with Gasteiger partial charge in [0.2, 0.25) is 0 Å². The van der Waals surface area contributed by atoms with Crippen molar-refractivity contribution in [1.29, 1.82) is 0 Å². The van der Waals surface area contributed by atoms with E-state index in [9.17, 15) is 16.8 Å². The predicted octanol–water partition coefficient (Wildman–Crippen LogP) is 0.203. The largest absolute Gasteiger partial charge is 0.497 e. The Labute approximate surface area is 92.7 Å². The Balaban J connectivity index is 3.08. The first-order valence-corrected chi connectivity index (χ1v) is 6.59. The van der Waals surface area contributed by atoms with E-state index < -0.39 is 25.4 Å². The summed E-state index contributed by atoms with van der Waals surface area (Å²) < 4.78 is 59.6. The monoisotopic (exact) mass is 268 g/mol. The van der Waals surface area contributed by atoms with Crippen LogP contribution in [0.3, 0.4) is 0 Å². The lowest BCUT2D eigenvalue weighted by atomic mass is 10.3. The Morgan fingerprint density at radius 1 is 1.06 bits per heavy atom. The van der Waals surface area contributed by atoms with Gasteiger partial charge in [-0.15, -0.1) is 3.63 Å². The summed E-state index contributed by atoms with van der Waals surface area (Å²) in [6, 6.07) is 4.78. The van der Waals surface area contributed by atoms with Crippen molar-refractivity contribution >= 4 is 20.5 Å². The fourth-order valence-corrected chi connectivity index (χ4v) is 2.58. The molecule has 1 N–H and O–H groups in total. The van der Waals surface area contributed by atoms with E-state index in [0.29, 0.717) is 5.75 Å². The first-order chi connectivity index (χ1) is 7.24. The molecule has 0 saturated heterocycles. The van der Waals surface area contributed by atoms with Crippen LogP contribution in [0, 0.1) is 0 Å². The fourth-order valence-electron chi connectivity index (χ4n) is 0.895. The number of rotatable bonds is 4. The van der Waals surface area contributed by atoms with Gasteiger partial charge in [-0.25, -0.2) is 0 Å². The van der Waals surface area contributed by atoms with Crippen molar-refractivity contribution in [3.8, 4) is 5.75 Å². The molecule has 0 aliphatic carbocycles. The molecule has 1 rings (SSSR count). The van der Waals surface area contributed by atoms with E-state index in [1.165, 1.54) is 19.2 Å². The lowest BCUT2D eigenvalue weighted by molar-refractivity contribution is 0.383. The number of ether oxygens (including phenoxy) is 1. The van der Waals surface area contributed by atoms with Gasteiger partial charge in [-0.2, -0.15) is 16.8 Å². The first-order valence-electron chi connectivity index (χ1n) is 3.82. The molecule has 0 unspecified atom stereocenters. The summed E-state index contributed by atoms with van der Waals surface area (Å²) >= 11 is 0. The maximum atomic E-state index is 11.2. The maximum Gasteiger partial charge on any atom is 0.412 e. The van der Waals surface area contributed by atoms with E-state index in [1.807, 2.05) is 0 Å². The molecular formula is C7H8O7S2. The minimum absolute atomic E-state index is 0.394. The zero-order chi connectivity index (χ0) is 12.4. The summed E-state index contributed by atoms with van der Waals surface area (Å²) in [5.41, 5.74) is 0. The second kappa shape index (κ2) is 4.37. The van der Waals surface area contributed by atoms with Crippen LogP contribution in [0.5, 0.6) is 5.75 Å². The zero-order valence-corrected chi connectivity index (χ0v) is 9.66. The van der Waals surface area contributed by atoms with Crippen molar-refractivity contribution in [2.75, 3.05) is 7.11 Å². The van der Waals surface area contributed by atoms with E-state index in [-0.39, 0.29) is 0 Å². The Bertz CT molecular complexity index is 555. The Hall–Kier alpha value is -1.16. The van der Waals surface area contributed by atoms with Crippen molar-refractivity contribution in [2.24, 2.45) is 0 Å². The van der Waals surface area contributed by atoms with E-state index >= 15 is 0 Å². The molecule has 0 bridgehead atoms. The second-order valence-corrected chi connectivity index (χ2v) is 5.40. The van der Waals surface area contributed by atoms with Crippen molar-refractivity contribution < 1.29 is 29.8 Å². The number of hydrogen-bond donors (Lipinski definition) is 1. The van der Waals surface area contributed by atoms with Crippen molar-refractivity contribution in [3.63, 3.8) is 0 Å². The highest BCUT2D eigenvalue weighted by molar-refractivity contribution is 7.97. The van der Waals surface area contributed by atoms with Gasteiger partial charge in [0.15, 0.2) is 0 Å². The molecule has 0 fully saturated rings. The highest BCUT2D eigenvalue weighted by Gasteiger charge is 2.22. The molecule has 0 aliphatic heterocycles. The molecule has 9 heteroatoms. The minimum Gasteiger partial charge on any atom is -0.497 e. The molecule has 16 heavy (non-hydrogen) atoms. The van der Waals surface area contributed by atoms with Gasteiger partial charge in [0.25, 0.3) is 0 Å². The lowest BCUT2D eigenvalue weighted by Crippen LogP contribution is -2.12. The highest BCUT2D eigenvalue weighted by Crippen LogP contribution is 2.18. The Kier molecular flexibility index (Phi) is 3.53. The van der Waals surface area contributed by atoms with Crippen LogP contribution in [-0.4, -0.2) is 28.5 Å². The average molecular weight is 268 g/mol. The number of methoxy groups -OCH3 is 1. The third-order valence-corrected chi connectivity index (χ3v) is 3.78. The zero-order valence-electron chi connectivity index (χ0n) is 8.02. The van der Waals surface area contributed by atoms with Gasteiger partial charge >= 0.3 is 20.5 Å². The normalized spacial score (nSPS) is 12.4. The summed E-state index contributed by atoms with van der Waals surface area (Å²) in [6.07, 6.45) is 0. The molecule has 0 aromatic heterocycles. The van der Waals surface area contributed by atoms with Crippen LogP contribution >= 0.6 is 0 Å². The summed E-state index contributed by atoms with van der Waals surface area (Å²) in [5, 5.41) is 0. The lowest BCUT2D eigenvalue weighted by Gasteiger charge is -2.03. The first kappa shape index (κ1) is 12.9. The van der Waals surface area contributed by atoms with Gasteiger partial charge in [-0.05, 0) is 24.3 Å². The summed E-state index contributed by atoms with van der Waals surface area (Å²) in [5.74, 6) is 0.394. The van der Waals surface area contributed by atoms with Gasteiger partial charge in [-0.3, -0.25) is 4.55 Å². The van der Waals surface area contributed by atoms with E-state index in [4.69, 9.17) is 9.29 Å². The maximum absolute atomic E-state index is 11.2. The van der Waals surface area contributed by atoms with E-state index in [0.717, 1.165) is 12.1 Å². The third-order valence-electron chi connectivity index (χ3n) is 1.52. The summed E-state index contributed by atoms with van der Waals surface area (Å²) in [7, 11) is -8.21. The van der Waals surface area contributed by atoms with Gasteiger partial charge in [0, 0.05) is 0 Å². The molecule has 7 nitrogen and oxygen atoms in total. The van der Waals surface area contributed by atoms with Gasteiger partial charge in [0.05, 0.1) is 12.0 Å². The van der Waals surface area contributed by atoms with Crippen LogP contribution in [0.25, 0.3) is 0 Å². The molecule has 0 saturated carbocycles. The SMILES string of the molecule is COc1ccc(S(=O)(=O)OS(=O)(=O)O)cc1. The van der Waals surface area contributed by atoms with Crippen molar-refractivity contribution in [1.82, 2.24) is 0 Å². The Morgan fingerprint density at radius 3 is 1.94 bits per heavy atom. The molecule has 0 aliphatic rings. The quantitative estimate of drug-likeness (QED) is 0.777. The number of benzene rings is 1. The van der Waals surface area contributed by atoms with Gasteiger partial charge in [0.1, 0.15) is 5.75 Å². The minimum atomic E-state index is -5.06. The Morgan fingerprint density at radius 2 is 1.56 bits per heavy atom. The van der Waals surface area contributed by atoms with Crippen LogP contribution < -0.4 is 4.74 Å². The van der Waals surface area contributed by atoms with Crippen LogP contribution in [0.15, 0.2) is 29.2 Å². The topological polar surface area (TPSA) is 107 Å². The average Bonchev–Trinajstić information content (AvgIpc) is 2.14. The van der Waals surface area contributed by atoms with Crippen LogP contribution in [0.4, 0.5) is 0 Å². The number of hydrogen-bond acceptors (Lipinski definition) is 6. The molecule has 0 amide bonds. The molecular weight excluding hydrogens is 260 g/mol. The highest BCUT2D eigenvalue weighted by atomic mass is 32.3. The predicted molar refractivity (Wildman–Crippen MR) is 52.8 cm³/mol. The van der Waals surface area contributed by atoms with Crippen LogP contribution in [0.1, 0.15) is 0 Å². The van der Waals surface area contributed by atoms with Gasteiger partial charge < -0.3 is 4.74 Å². The van der Waals surface area contributed by atoms with Crippen LogP contribution in [0.2, 0.25) is 0 Å². The summed E-state index contributed by atoms with van der Waals surface area (Å²) in [4.78, 5) is -0.411. The molecule has 0 radical (unpaired) electrons. The van der Waals surface area contributed by atoms with Crippen molar-refractivity contribution in [2.45, 2.75) is 4.90 Å². The molecule has 90 valence electrons.